The minimum Gasteiger partial charge on any atom is -0.460 e. The molecule has 0 N–H and O–H groups in total. The van der Waals surface area contributed by atoms with Crippen molar-refractivity contribution in [1.82, 2.24) is 0 Å². The van der Waals surface area contributed by atoms with E-state index >= 15 is 0 Å². The fourth-order valence-electron chi connectivity index (χ4n) is 1.35. The van der Waals surface area contributed by atoms with Crippen LogP contribution < -0.4 is 0 Å². The molecule has 0 heterocycles. The van der Waals surface area contributed by atoms with E-state index in [9.17, 15) is 14.9 Å². The molecule has 1 aromatic rings. The average molecular weight is 316 g/mol. The number of nitrogens with zero attached hydrogens (tertiary/aromatic N) is 1. The molecule has 0 bridgehead atoms. The van der Waals surface area contributed by atoms with Crippen LogP contribution in [-0.4, -0.2) is 16.5 Å². The number of carbonyl (C=O) groups excluding carboxylic acids is 1. The number of carbonyl (C=O) groups is 1. The molecule has 98 valence electrons. The molecule has 18 heavy (non-hydrogen) atoms. The predicted octanol–water partition coefficient (Wildman–Crippen LogP) is 3.24. The lowest BCUT2D eigenvalue weighted by molar-refractivity contribution is -0.385. The molecule has 0 saturated heterocycles. The molecule has 0 unspecified atom stereocenters. The zero-order valence-electron chi connectivity index (χ0n) is 10.4. The van der Waals surface area contributed by atoms with E-state index in [1.165, 1.54) is 6.07 Å². The van der Waals surface area contributed by atoms with Gasteiger partial charge in [-0.25, -0.2) is 0 Å². The normalized spacial score (nSPS) is 11.1. The first-order chi connectivity index (χ1) is 8.19. The number of benzene rings is 1. The SMILES string of the molecule is CC(C)(C)OC(=O)Cc1ccc([N+](=O)[O-])c(Br)c1. The van der Waals surface area contributed by atoms with Crippen molar-refractivity contribution < 1.29 is 14.5 Å². The molecule has 0 aliphatic heterocycles. The number of hydrogen-bond acceptors (Lipinski definition) is 4. The number of ether oxygens (including phenoxy) is 1. The quantitative estimate of drug-likeness (QED) is 0.488. The molecule has 1 rings (SSSR count). The summed E-state index contributed by atoms with van der Waals surface area (Å²) in [5.41, 5.74) is 0.111. The number of halogens is 1. The Bertz CT molecular complexity index is 479. The lowest BCUT2D eigenvalue weighted by atomic mass is 10.1. The Labute approximate surface area is 113 Å². The Kier molecular flexibility index (Phi) is 4.45. The van der Waals surface area contributed by atoms with Crippen LogP contribution in [0.3, 0.4) is 0 Å². The molecule has 0 radical (unpaired) electrons. The van der Waals surface area contributed by atoms with Crippen molar-refractivity contribution in [3.05, 3.63) is 38.3 Å². The summed E-state index contributed by atoms with van der Waals surface area (Å²) in [5, 5.41) is 10.6. The molecule has 5 nitrogen and oxygen atoms in total. The van der Waals surface area contributed by atoms with E-state index in [2.05, 4.69) is 15.9 Å². The molecular weight excluding hydrogens is 302 g/mol. The van der Waals surface area contributed by atoms with Crippen LogP contribution in [0.1, 0.15) is 26.3 Å². The van der Waals surface area contributed by atoms with Gasteiger partial charge in [0, 0.05) is 6.07 Å². The summed E-state index contributed by atoms with van der Waals surface area (Å²) in [5.74, 6) is -0.358. The van der Waals surface area contributed by atoms with E-state index in [0.29, 0.717) is 10.0 Å². The van der Waals surface area contributed by atoms with Gasteiger partial charge in [0.25, 0.3) is 5.69 Å². The molecule has 1 aromatic carbocycles. The van der Waals surface area contributed by atoms with Crippen LogP contribution in [0.25, 0.3) is 0 Å². The fourth-order valence-corrected chi connectivity index (χ4v) is 1.92. The summed E-state index contributed by atoms with van der Waals surface area (Å²) in [6.07, 6.45) is 0.0911. The van der Waals surface area contributed by atoms with Gasteiger partial charge in [-0.15, -0.1) is 0 Å². The summed E-state index contributed by atoms with van der Waals surface area (Å²) in [4.78, 5) is 21.7. The van der Waals surface area contributed by atoms with Gasteiger partial charge in [0.2, 0.25) is 0 Å². The lowest BCUT2D eigenvalue weighted by Crippen LogP contribution is -2.24. The second-order valence-electron chi connectivity index (χ2n) is 4.81. The summed E-state index contributed by atoms with van der Waals surface area (Å²) in [6, 6.07) is 4.47. The fraction of sp³-hybridized carbons (Fsp3) is 0.417. The molecule has 0 saturated carbocycles. The maximum Gasteiger partial charge on any atom is 0.310 e. The molecule has 0 amide bonds. The number of nitro benzene ring substituents is 1. The zero-order chi connectivity index (χ0) is 13.9. The van der Waals surface area contributed by atoms with Gasteiger partial charge in [-0.05, 0) is 48.3 Å². The molecular formula is C12H14BrNO4. The van der Waals surface area contributed by atoms with Crippen molar-refractivity contribution in [3.8, 4) is 0 Å². The second kappa shape index (κ2) is 5.48. The van der Waals surface area contributed by atoms with Gasteiger partial charge in [-0.3, -0.25) is 14.9 Å². The Hall–Kier alpha value is -1.43. The van der Waals surface area contributed by atoms with Crippen molar-refractivity contribution in [2.24, 2.45) is 0 Å². The van der Waals surface area contributed by atoms with E-state index in [1.54, 1.807) is 32.9 Å². The van der Waals surface area contributed by atoms with E-state index in [0.717, 1.165) is 0 Å². The maximum atomic E-state index is 11.6. The highest BCUT2D eigenvalue weighted by atomic mass is 79.9. The first-order valence-electron chi connectivity index (χ1n) is 5.34. The molecule has 0 atom stereocenters. The van der Waals surface area contributed by atoms with E-state index < -0.39 is 10.5 Å². The van der Waals surface area contributed by atoms with Crippen LogP contribution in [0.4, 0.5) is 5.69 Å². The maximum absolute atomic E-state index is 11.6. The minimum atomic E-state index is -0.533. The highest BCUT2D eigenvalue weighted by Crippen LogP contribution is 2.26. The third-order valence-electron chi connectivity index (χ3n) is 1.98. The van der Waals surface area contributed by atoms with Crippen LogP contribution >= 0.6 is 15.9 Å². The third kappa shape index (κ3) is 4.44. The van der Waals surface area contributed by atoms with Crippen molar-refractivity contribution in [1.29, 1.82) is 0 Å². The number of esters is 1. The first-order valence-corrected chi connectivity index (χ1v) is 6.13. The average Bonchev–Trinajstić information content (AvgIpc) is 2.13. The van der Waals surface area contributed by atoms with Crippen LogP contribution in [0, 0.1) is 10.1 Å². The molecule has 0 aromatic heterocycles. The van der Waals surface area contributed by atoms with Crippen LogP contribution in [-0.2, 0) is 16.0 Å². The Morgan fingerprint density at radius 1 is 1.44 bits per heavy atom. The Morgan fingerprint density at radius 3 is 2.50 bits per heavy atom. The van der Waals surface area contributed by atoms with Gasteiger partial charge in [0.15, 0.2) is 0 Å². The number of nitro groups is 1. The first kappa shape index (κ1) is 14.6. The molecule has 0 spiro atoms. The van der Waals surface area contributed by atoms with Crippen LogP contribution in [0.5, 0.6) is 0 Å². The number of hydrogen-bond donors (Lipinski definition) is 0. The third-order valence-corrected chi connectivity index (χ3v) is 2.61. The highest BCUT2D eigenvalue weighted by Gasteiger charge is 2.18. The summed E-state index contributed by atoms with van der Waals surface area (Å²) >= 11 is 3.11. The molecule has 0 aliphatic rings. The minimum absolute atomic E-state index is 0.0251. The Morgan fingerprint density at radius 2 is 2.06 bits per heavy atom. The van der Waals surface area contributed by atoms with Crippen LogP contribution in [0.15, 0.2) is 22.7 Å². The largest absolute Gasteiger partial charge is 0.460 e. The van der Waals surface area contributed by atoms with Crippen LogP contribution in [0.2, 0.25) is 0 Å². The zero-order valence-corrected chi connectivity index (χ0v) is 12.0. The van der Waals surface area contributed by atoms with Gasteiger partial charge in [-0.1, -0.05) is 6.07 Å². The molecule has 0 aliphatic carbocycles. The van der Waals surface area contributed by atoms with Crippen molar-refractivity contribution in [2.75, 3.05) is 0 Å². The van der Waals surface area contributed by atoms with Crippen molar-refractivity contribution in [2.45, 2.75) is 32.8 Å². The summed E-state index contributed by atoms with van der Waals surface area (Å²) < 4.78 is 5.53. The molecule has 0 fully saturated rings. The van der Waals surface area contributed by atoms with Gasteiger partial charge < -0.3 is 4.74 Å². The lowest BCUT2D eigenvalue weighted by Gasteiger charge is -2.19. The van der Waals surface area contributed by atoms with Gasteiger partial charge in [0.1, 0.15) is 5.60 Å². The predicted molar refractivity (Wildman–Crippen MR) is 70.3 cm³/mol. The molecule has 6 heteroatoms. The number of rotatable bonds is 3. The van der Waals surface area contributed by atoms with E-state index in [-0.39, 0.29) is 18.1 Å². The van der Waals surface area contributed by atoms with Gasteiger partial charge in [-0.2, -0.15) is 0 Å². The standard InChI is InChI=1S/C12H14BrNO4/c1-12(2,3)18-11(15)7-8-4-5-10(14(16)17)9(13)6-8/h4-6H,7H2,1-3H3. The van der Waals surface area contributed by atoms with E-state index in [1.807, 2.05) is 0 Å². The summed E-state index contributed by atoms with van der Waals surface area (Å²) in [6.45, 7) is 5.37. The van der Waals surface area contributed by atoms with Gasteiger partial charge in [0.05, 0.1) is 15.8 Å². The highest BCUT2D eigenvalue weighted by molar-refractivity contribution is 9.10. The summed E-state index contributed by atoms with van der Waals surface area (Å²) in [7, 11) is 0. The van der Waals surface area contributed by atoms with E-state index in [4.69, 9.17) is 4.74 Å². The second-order valence-corrected chi connectivity index (χ2v) is 5.66. The topological polar surface area (TPSA) is 69.4 Å². The van der Waals surface area contributed by atoms with Crippen molar-refractivity contribution in [3.63, 3.8) is 0 Å². The van der Waals surface area contributed by atoms with Gasteiger partial charge >= 0.3 is 5.97 Å². The smallest absolute Gasteiger partial charge is 0.310 e. The van der Waals surface area contributed by atoms with Crippen molar-refractivity contribution >= 4 is 27.6 Å². The monoisotopic (exact) mass is 315 g/mol. The Balaban J connectivity index is 2.78.